The highest BCUT2D eigenvalue weighted by molar-refractivity contribution is 7.92. The van der Waals surface area contributed by atoms with Gasteiger partial charge in [-0.2, -0.15) is 0 Å². The van der Waals surface area contributed by atoms with Crippen LogP contribution in [0, 0.1) is 6.92 Å². The van der Waals surface area contributed by atoms with Gasteiger partial charge in [0.1, 0.15) is 0 Å². The molecule has 0 amide bonds. The number of hydrogen-bond donors (Lipinski definition) is 0. The summed E-state index contributed by atoms with van der Waals surface area (Å²) < 4.78 is 12.2. The molecule has 3 rings (SSSR count). The molecular formula is C18H17NOS2. The van der Waals surface area contributed by atoms with Crippen molar-refractivity contribution in [1.82, 2.24) is 4.98 Å². The predicted molar refractivity (Wildman–Crippen MR) is 93.7 cm³/mol. The van der Waals surface area contributed by atoms with Crippen LogP contribution in [0.2, 0.25) is 0 Å². The third kappa shape index (κ3) is 2.47. The molecule has 0 fully saturated rings. The van der Waals surface area contributed by atoms with Gasteiger partial charge in [0.05, 0.1) is 6.26 Å². The summed E-state index contributed by atoms with van der Waals surface area (Å²) in [6, 6.07) is 20.0. The first kappa shape index (κ1) is 15.3. The zero-order valence-electron chi connectivity index (χ0n) is 12.5. The molecule has 0 aliphatic heterocycles. The van der Waals surface area contributed by atoms with Crippen molar-refractivity contribution < 1.29 is 4.55 Å². The Kier molecular flexibility index (Phi) is 4.34. The van der Waals surface area contributed by atoms with Gasteiger partial charge in [0.2, 0.25) is 4.75 Å². The van der Waals surface area contributed by atoms with Crippen molar-refractivity contribution >= 4 is 22.5 Å². The largest absolute Gasteiger partial charge is 0.615 e. The van der Waals surface area contributed by atoms with E-state index in [0.29, 0.717) is 0 Å². The van der Waals surface area contributed by atoms with Crippen LogP contribution in [-0.4, -0.2) is 15.8 Å². The molecule has 0 aliphatic carbocycles. The Labute approximate surface area is 138 Å². The standard InChI is InChI=1S/C18H17NOS2/c1-14-13-21-17(19-14)18(22(2)20,15-9-5-3-6-10-15)16-11-7-4-8-12-16/h3-13H,1-2H3. The molecule has 4 heteroatoms. The molecule has 0 radical (unpaired) electrons. The fourth-order valence-corrected chi connectivity index (χ4v) is 5.39. The van der Waals surface area contributed by atoms with Crippen LogP contribution in [0.3, 0.4) is 0 Å². The first-order valence-electron chi connectivity index (χ1n) is 7.03. The summed E-state index contributed by atoms with van der Waals surface area (Å²) >= 11 is 0.417. The van der Waals surface area contributed by atoms with Crippen LogP contribution in [0.4, 0.5) is 0 Å². The first-order chi connectivity index (χ1) is 10.7. The van der Waals surface area contributed by atoms with Gasteiger partial charge < -0.3 is 4.55 Å². The van der Waals surface area contributed by atoms with Crippen molar-refractivity contribution in [3.63, 3.8) is 0 Å². The van der Waals surface area contributed by atoms with Crippen molar-refractivity contribution in [2.24, 2.45) is 0 Å². The van der Waals surface area contributed by atoms with Crippen LogP contribution in [0.1, 0.15) is 21.8 Å². The average Bonchev–Trinajstić information content (AvgIpc) is 2.97. The Bertz CT molecular complexity index is 699. The molecule has 0 saturated carbocycles. The molecule has 3 aromatic rings. The predicted octanol–water partition coefficient (Wildman–Crippen LogP) is 4.12. The Balaban J connectivity index is 2.34. The number of benzene rings is 2. The van der Waals surface area contributed by atoms with Crippen molar-refractivity contribution in [2.45, 2.75) is 11.7 Å². The van der Waals surface area contributed by atoms with Crippen molar-refractivity contribution in [3.05, 3.63) is 87.9 Å². The van der Waals surface area contributed by atoms with Crippen LogP contribution in [0.15, 0.2) is 66.0 Å². The molecule has 0 aliphatic rings. The van der Waals surface area contributed by atoms with Crippen LogP contribution in [0.25, 0.3) is 0 Å². The number of aryl methyl sites for hydroxylation is 1. The van der Waals surface area contributed by atoms with Crippen LogP contribution < -0.4 is 0 Å². The molecule has 0 N–H and O–H groups in total. The Morgan fingerprint density at radius 2 is 1.45 bits per heavy atom. The van der Waals surface area contributed by atoms with Gasteiger partial charge >= 0.3 is 0 Å². The summed E-state index contributed by atoms with van der Waals surface area (Å²) in [5.41, 5.74) is 2.98. The van der Waals surface area contributed by atoms with E-state index in [1.807, 2.05) is 73.0 Å². The number of thiazole rings is 1. The Morgan fingerprint density at radius 3 is 1.82 bits per heavy atom. The molecule has 0 bridgehead atoms. The summed E-state index contributed by atoms with van der Waals surface area (Å²) in [6.07, 6.45) is 1.76. The topological polar surface area (TPSA) is 36.0 Å². The Morgan fingerprint density at radius 1 is 0.955 bits per heavy atom. The summed E-state index contributed by atoms with van der Waals surface area (Å²) in [5, 5.41) is 2.89. The van der Waals surface area contributed by atoms with Crippen LogP contribution in [-0.2, 0) is 15.9 Å². The molecule has 1 unspecified atom stereocenters. The van der Waals surface area contributed by atoms with Crippen molar-refractivity contribution in [2.75, 3.05) is 6.26 Å². The normalized spacial score (nSPS) is 13.0. The summed E-state index contributed by atoms with van der Waals surface area (Å²) in [7, 11) is 0. The molecule has 22 heavy (non-hydrogen) atoms. The number of rotatable bonds is 4. The highest BCUT2D eigenvalue weighted by Crippen LogP contribution is 2.44. The lowest BCUT2D eigenvalue weighted by atomic mass is 9.90. The lowest BCUT2D eigenvalue weighted by Crippen LogP contribution is -2.37. The zero-order valence-corrected chi connectivity index (χ0v) is 14.2. The van der Waals surface area contributed by atoms with Crippen molar-refractivity contribution in [3.8, 4) is 0 Å². The van der Waals surface area contributed by atoms with E-state index in [9.17, 15) is 4.55 Å². The second-order valence-corrected chi connectivity index (χ2v) is 7.54. The van der Waals surface area contributed by atoms with E-state index in [2.05, 4.69) is 4.98 Å². The van der Waals surface area contributed by atoms with Gasteiger partial charge in [-0.05, 0) is 18.1 Å². The van der Waals surface area contributed by atoms with Gasteiger partial charge in [-0.15, -0.1) is 11.3 Å². The molecule has 2 nitrogen and oxygen atoms in total. The fourth-order valence-electron chi connectivity index (χ4n) is 2.73. The summed E-state index contributed by atoms with van der Waals surface area (Å²) in [6.45, 7) is 1.97. The van der Waals surface area contributed by atoms with Gasteiger partial charge in [-0.25, -0.2) is 4.98 Å². The lowest BCUT2D eigenvalue weighted by molar-refractivity contribution is 0.577. The Hall–Kier alpha value is -1.62. The summed E-state index contributed by atoms with van der Waals surface area (Å²) in [5.74, 6) is 0. The van der Waals surface area contributed by atoms with Gasteiger partial charge in [-0.1, -0.05) is 60.7 Å². The first-order valence-corrected chi connectivity index (χ1v) is 9.46. The zero-order chi connectivity index (χ0) is 15.6. The van der Waals surface area contributed by atoms with Gasteiger partial charge in [0.25, 0.3) is 0 Å². The van der Waals surface area contributed by atoms with E-state index in [4.69, 9.17) is 0 Å². The lowest BCUT2D eigenvalue weighted by Gasteiger charge is -2.33. The van der Waals surface area contributed by atoms with Gasteiger partial charge in [-0.3, -0.25) is 0 Å². The molecule has 0 spiro atoms. The highest BCUT2D eigenvalue weighted by Gasteiger charge is 2.48. The molecule has 1 atom stereocenters. The quantitative estimate of drug-likeness (QED) is 0.676. The maximum atomic E-state index is 13.0. The van der Waals surface area contributed by atoms with Crippen LogP contribution >= 0.6 is 11.3 Å². The van der Waals surface area contributed by atoms with Crippen molar-refractivity contribution in [1.29, 1.82) is 0 Å². The molecule has 112 valence electrons. The minimum absolute atomic E-state index is 0.721. The number of hydrogen-bond acceptors (Lipinski definition) is 3. The maximum Gasteiger partial charge on any atom is 0.226 e. The van der Waals surface area contributed by atoms with Gasteiger partial charge in [0.15, 0.2) is 5.01 Å². The third-order valence-corrected chi connectivity index (χ3v) is 6.45. The minimum atomic E-state index is -1.15. The number of nitrogens with zero attached hydrogens (tertiary/aromatic N) is 1. The van der Waals surface area contributed by atoms with E-state index in [1.54, 1.807) is 17.6 Å². The second kappa shape index (κ2) is 6.24. The van der Waals surface area contributed by atoms with E-state index in [0.717, 1.165) is 21.8 Å². The number of aromatic nitrogens is 1. The maximum absolute atomic E-state index is 13.0. The van der Waals surface area contributed by atoms with E-state index >= 15 is 0 Å². The summed E-state index contributed by atoms with van der Waals surface area (Å²) in [4.78, 5) is 4.68. The third-order valence-electron chi connectivity index (χ3n) is 3.71. The fraction of sp³-hybridized carbons (Fsp3) is 0.167. The van der Waals surface area contributed by atoms with Crippen LogP contribution in [0.5, 0.6) is 0 Å². The highest BCUT2D eigenvalue weighted by atomic mass is 32.2. The average molecular weight is 327 g/mol. The monoisotopic (exact) mass is 327 g/mol. The molecule has 1 aromatic heterocycles. The molecule has 1 heterocycles. The molecular weight excluding hydrogens is 310 g/mol. The smallest absolute Gasteiger partial charge is 0.226 e. The molecule has 2 aromatic carbocycles. The second-order valence-electron chi connectivity index (χ2n) is 5.16. The minimum Gasteiger partial charge on any atom is -0.615 e. The van der Waals surface area contributed by atoms with E-state index in [-0.39, 0.29) is 0 Å². The van der Waals surface area contributed by atoms with Gasteiger partial charge in [0, 0.05) is 22.2 Å². The van der Waals surface area contributed by atoms with E-state index in [1.165, 1.54) is 0 Å². The SMILES string of the molecule is Cc1csc(C(c2ccccc2)(c2ccccc2)[S+](C)[O-])n1. The molecule has 0 saturated heterocycles. The van der Waals surface area contributed by atoms with E-state index < -0.39 is 15.9 Å².